The number of aromatic nitrogens is 3. The number of hydrogen-bond donors (Lipinski definition) is 2. The van der Waals surface area contributed by atoms with Crippen LogP contribution in [0.3, 0.4) is 0 Å². The molecule has 0 spiro atoms. The van der Waals surface area contributed by atoms with Gasteiger partial charge in [0, 0.05) is 40.0 Å². The third-order valence-electron chi connectivity index (χ3n) is 7.51. The standard InChI is InChI=1S/C27H35FN6O8S2/c1-15-9-16(2)13-32(12-15)21(35)14-33-17(3)26(43(6,39)40)34-25(38)23(36)22(30-27(33)34)24(37)29-11-18-7-8-19(28)10-20(18)44(41,42)31(4)5/h7-8,10,15-16,36H,9,11-14H2,1-6H3,(H,29,37). The molecule has 1 aliphatic heterocycles. The molecule has 0 radical (unpaired) electrons. The second kappa shape index (κ2) is 11.9. The van der Waals surface area contributed by atoms with Crippen LogP contribution >= 0.6 is 0 Å². The Bertz CT molecular complexity index is 1930. The van der Waals surface area contributed by atoms with Gasteiger partial charge in [0.1, 0.15) is 12.4 Å². The number of aromatic hydroxyl groups is 1. The molecule has 3 aromatic rings. The fraction of sp³-hybridized carbons (Fsp3) is 0.481. The molecule has 1 fully saturated rings. The maximum atomic E-state index is 13.9. The fourth-order valence-electron chi connectivity index (χ4n) is 5.55. The number of nitrogens with zero attached hydrogens (tertiary/aromatic N) is 5. The molecule has 0 bridgehead atoms. The molecule has 0 aliphatic carbocycles. The minimum absolute atomic E-state index is 0.00496. The summed E-state index contributed by atoms with van der Waals surface area (Å²) in [5.41, 5.74) is -2.02. The Balaban J connectivity index is 1.78. The average molecular weight is 655 g/mol. The Morgan fingerprint density at radius 2 is 1.75 bits per heavy atom. The van der Waals surface area contributed by atoms with Gasteiger partial charge in [0.05, 0.1) is 10.6 Å². The molecule has 2 atom stereocenters. The summed E-state index contributed by atoms with van der Waals surface area (Å²) in [6, 6.07) is 2.97. The number of sulfone groups is 1. The van der Waals surface area contributed by atoms with Crippen LogP contribution in [0.1, 0.15) is 42.0 Å². The molecule has 240 valence electrons. The second-order valence-electron chi connectivity index (χ2n) is 11.5. The summed E-state index contributed by atoms with van der Waals surface area (Å²) in [5.74, 6) is -3.29. The quantitative estimate of drug-likeness (QED) is 0.354. The number of carbonyl (C=O) groups excluding carboxylic acids is 2. The third-order valence-corrected chi connectivity index (χ3v) is 10.6. The van der Waals surface area contributed by atoms with E-state index in [0.29, 0.717) is 17.5 Å². The molecule has 2 N–H and O–H groups in total. The molecule has 1 aliphatic rings. The van der Waals surface area contributed by atoms with Crippen molar-refractivity contribution in [2.24, 2.45) is 11.8 Å². The maximum absolute atomic E-state index is 13.9. The largest absolute Gasteiger partial charge is 0.501 e. The topological polar surface area (TPSA) is 180 Å². The molecule has 1 aromatic carbocycles. The number of amides is 2. The van der Waals surface area contributed by atoms with Crippen LogP contribution in [-0.2, 0) is 37.7 Å². The lowest BCUT2D eigenvalue weighted by atomic mass is 9.92. The number of carbonyl (C=O) groups is 2. The van der Waals surface area contributed by atoms with Crippen LogP contribution in [0.25, 0.3) is 5.78 Å². The van der Waals surface area contributed by atoms with Crippen molar-refractivity contribution in [3.05, 3.63) is 51.3 Å². The molecule has 0 saturated carbocycles. The van der Waals surface area contributed by atoms with E-state index in [2.05, 4.69) is 10.3 Å². The van der Waals surface area contributed by atoms with Gasteiger partial charge >= 0.3 is 5.56 Å². The lowest BCUT2D eigenvalue weighted by Crippen LogP contribution is -2.44. The van der Waals surface area contributed by atoms with E-state index < -0.39 is 65.1 Å². The summed E-state index contributed by atoms with van der Waals surface area (Å²) < 4.78 is 67.6. The Morgan fingerprint density at radius 3 is 2.32 bits per heavy atom. The Labute approximate surface area is 254 Å². The van der Waals surface area contributed by atoms with Gasteiger partial charge < -0.3 is 19.9 Å². The number of hydrogen-bond acceptors (Lipinski definition) is 9. The van der Waals surface area contributed by atoms with Gasteiger partial charge in [0.25, 0.3) is 5.91 Å². The highest BCUT2D eigenvalue weighted by Crippen LogP contribution is 2.25. The van der Waals surface area contributed by atoms with Gasteiger partial charge in [-0.15, -0.1) is 0 Å². The van der Waals surface area contributed by atoms with Crippen molar-refractivity contribution in [3.63, 3.8) is 0 Å². The lowest BCUT2D eigenvalue weighted by Gasteiger charge is -2.35. The van der Waals surface area contributed by atoms with Crippen LogP contribution < -0.4 is 10.9 Å². The summed E-state index contributed by atoms with van der Waals surface area (Å²) in [5, 5.41) is 12.6. The first kappa shape index (κ1) is 33.1. The lowest BCUT2D eigenvalue weighted by molar-refractivity contribution is -0.134. The predicted octanol–water partition coefficient (Wildman–Crippen LogP) is 0.737. The number of nitrogens with one attached hydrogen (secondary N) is 1. The number of imidazole rings is 1. The zero-order valence-electron chi connectivity index (χ0n) is 25.2. The van der Waals surface area contributed by atoms with Gasteiger partial charge in [0.2, 0.25) is 27.5 Å². The van der Waals surface area contributed by atoms with Gasteiger partial charge in [-0.25, -0.2) is 34.9 Å². The van der Waals surface area contributed by atoms with E-state index in [4.69, 9.17) is 0 Å². The van der Waals surface area contributed by atoms with E-state index in [1.807, 2.05) is 13.8 Å². The summed E-state index contributed by atoms with van der Waals surface area (Å²) in [6.07, 6.45) is 1.81. The van der Waals surface area contributed by atoms with Gasteiger partial charge in [-0.2, -0.15) is 0 Å². The monoisotopic (exact) mass is 654 g/mol. The first-order valence-electron chi connectivity index (χ1n) is 13.7. The van der Waals surface area contributed by atoms with Gasteiger partial charge in [0.15, 0.2) is 20.6 Å². The molecule has 3 heterocycles. The van der Waals surface area contributed by atoms with Gasteiger partial charge in [-0.1, -0.05) is 19.9 Å². The number of sulfonamides is 1. The number of fused-ring (bicyclic) bond motifs is 1. The molecular formula is C27H35FN6O8S2. The molecule has 1 saturated heterocycles. The zero-order valence-corrected chi connectivity index (χ0v) is 26.8. The molecule has 2 unspecified atom stereocenters. The highest BCUT2D eigenvalue weighted by Gasteiger charge is 2.32. The summed E-state index contributed by atoms with van der Waals surface area (Å²) in [7, 11) is -5.69. The van der Waals surface area contributed by atoms with Gasteiger partial charge in [-0.3, -0.25) is 14.4 Å². The summed E-state index contributed by atoms with van der Waals surface area (Å²) in [6.45, 7) is 5.58. The van der Waals surface area contributed by atoms with Crippen molar-refractivity contribution in [3.8, 4) is 5.75 Å². The molecule has 2 aromatic heterocycles. The van der Waals surface area contributed by atoms with Crippen molar-refractivity contribution in [2.75, 3.05) is 33.4 Å². The van der Waals surface area contributed by atoms with E-state index in [1.54, 1.807) is 4.90 Å². The smallest absolute Gasteiger partial charge is 0.303 e. The molecule has 2 amide bonds. The maximum Gasteiger partial charge on any atom is 0.303 e. The number of benzene rings is 1. The van der Waals surface area contributed by atoms with Crippen LogP contribution in [0, 0.1) is 24.6 Å². The van der Waals surface area contributed by atoms with Crippen molar-refractivity contribution >= 4 is 37.5 Å². The predicted molar refractivity (Wildman–Crippen MR) is 157 cm³/mol. The van der Waals surface area contributed by atoms with Crippen molar-refractivity contribution < 1.29 is 35.9 Å². The summed E-state index contributed by atoms with van der Waals surface area (Å²) in [4.78, 5) is 45.3. The molecule has 4 rings (SSSR count). The molecular weight excluding hydrogens is 619 g/mol. The molecule has 14 nitrogen and oxygen atoms in total. The first-order valence-corrected chi connectivity index (χ1v) is 17.0. The number of halogens is 1. The zero-order chi connectivity index (χ0) is 32.9. The van der Waals surface area contributed by atoms with Crippen LogP contribution in [-0.4, -0.2) is 90.4 Å². The van der Waals surface area contributed by atoms with Crippen LogP contribution in [0.15, 0.2) is 32.9 Å². The number of piperidine rings is 1. The van der Waals surface area contributed by atoms with E-state index in [1.165, 1.54) is 25.6 Å². The van der Waals surface area contributed by atoms with Gasteiger partial charge in [-0.05, 0) is 42.9 Å². The molecule has 17 heteroatoms. The fourth-order valence-corrected chi connectivity index (χ4v) is 7.82. The minimum Gasteiger partial charge on any atom is -0.501 e. The minimum atomic E-state index is -4.11. The number of likely N-dealkylation sites (tertiary alicyclic amines) is 1. The average Bonchev–Trinajstić information content (AvgIpc) is 3.20. The highest BCUT2D eigenvalue weighted by molar-refractivity contribution is 7.90. The third kappa shape index (κ3) is 6.21. The van der Waals surface area contributed by atoms with Crippen molar-refractivity contribution in [1.29, 1.82) is 0 Å². The van der Waals surface area contributed by atoms with Crippen LogP contribution in [0.4, 0.5) is 4.39 Å². The second-order valence-corrected chi connectivity index (χ2v) is 15.5. The van der Waals surface area contributed by atoms with E-state index in [0.717, 1.165) is 35.2 Å². The normalized spacial score (nSPS) is 17.8. The van der Waals surface area contributed by atoms with E-state index >= 15 is 0 Å². The molecule has 44 heavy (non-hydrogen) atoms. The number of rotatable bonds is 8. The van der Waals surface area contributed by atoms with Crippen molar-refractivity contribution in [2.45, 2.75) is 50.2 Å². The SMILES string of the molecule is Cc1c(S(C)(=O)=O)n2c(=O)c(O)c(C(=O)NCc3ccc(F)cc3S(=O)(=O)N(C)C)nc2n1CC(=O)N1CC(C)CC(C)C1. The highest BCUT2D eigenvalue weighted by atomic mass is 32.2. The Morgan fingerprint density at radius 1 is 1.14 bits per heavy atom. The summed E-state index contributed by atoms with van der Waals surface area (Å²) >= 11 is 0. The van der Waals surface area contributed by atoms with Crippen LogP contribution in [0.2, 0.25) is 0 Å². The van der Waals surface area contributed by atoms with E-state index in [9.17, 15) is 40.7 Å². The Kier molecular flexibility index (Phi) is 8.97. The van der Waals surface area contributed by atoms with E-state index in [-0.39, 0.29) is 41.3 Å². The van der Waals surface area contributed by atoms with Crippen molar-refractivity contribution in [1.82, 2.24) is 28.5 Å². The Hall–Kier alpha value is -3.83. The first-order chi connectivity index (χ1) is 20.3. The van der Waals surface area contributed by atoms with Crippen LogP contribution in [0.5, 0.6) is 5.75 Å².